The first kappa shape index (κ1) is 8.66. The van der Waals surface area contributed by atoms with Gasteiger partial charge in [0.1, 0.15) is 0 Å². The molecule has 0 spiro atoms. The van der Waals surface area contributed by atoms with Crippen molar-refractivity contribution in [3.8, 4) is 0 Å². The van der Waals surface area contributed by atoms with Crippen LogP contribution in [0.2, 0.25) is 0 Å². The van der Waals surface area contributed by atoms with Crippen LogP contribution >= 0.6 is 0 Å². The monoisotopic (exact) mass is 195 g/mol. The predicted octanol–water partition coefficient (Wildman–Crippen LogP) is 3.16. The molecule has 0 saturated carbocycles. The van der Waals surface area contributed by atoms with Crippen LogP contribution in [0.1, 0.15) is 29.2 Å². The number of benzene rings is 1. The summed E-state index contributed by atoms with van der Waals surface area (Å²) in [6.45, 7) is 0. The number of aromatic nitrogens is 1. The molecule has 0 saturated heterocycles. The molecule has 1 atom stereocenters. The Bertz CT molecular complexity index is 462. The molecule has 1 aliphatic rings. The summed E-state index contributed by atoms with van der Waals surface area (Å²) in [6.07, 6.45) is 4.28. The van der Waals surface area contributed by atoms with E-state index in [1.807, 2.05) is 12.3 Å². The van der Waals surface area contributed by atoms with Gasteiger partial charge in [0.2, 0.25) is 0 Å². The van der Waals surface area contributed by atoms with Crippen LogP contribution in [-0.4, -0.2) is 4.98 Å². The van der Waals surface area contributed by atoms with Crippen LogP contribution in [0.5, 0.6) is 0 Å². The third kappa shape index (κ3) is 1.44. The summed E-state index contributed by atoms with van der Waals surface area (Å²) in [5.41, 5.74) is 4.17. The molecule has 1 nitrogen and oxygen atoms in total. The normalized spacial score (nSPS) is 18.8. The predicted molar refractivity (Wildman–Crippen MR) is 60.8 cm³/mol. The topological polar surface area (TPSA) is 12.9 Å². The maximum absolute atomic E-state index is 4.46. The Kier molecular flexibility index (Phi) is 2.02. The van der Waals surface area contributed by atoms with Gasteiger partial charge in [-0.2, -0.15) is 0 Å². The molecule has 1 aliphatic carbocycles. The summed E-state index contributed by atoms with van der Waals surface area (Å²) in [5.74, 6) is 0.516. The van der Waals surface area contributed by atoms with E-state index in [2.05, 4.69) is 41.4 Å². The highest BCUT2D eigenvalue weighted by Crippen LogP contribution is 2.36. The fraction of sp³-hybridized carbons (Fsp3) is 0.214. The largest absolute Gasteiger partial charge is 0.261 e. The lowest BCUT2D eigenvalue weighted by atomic mass is 9.97. The fourth-order valence-corrected chi connectivity index (χ4v) is 2.45. The van der Waals surface area contributed by atoms with Gasteiger partial charge in [0.25, 0.3) is 0 Å². The molecule has 15 heavy (non-hydrogen) atoms. The Labute approximate surface area is 89.8 Å². The van der Waals surface area contributed by atoms with Crippen LogP contribution in [-0.2, 0) is 6.42 Å². The third-order valence-corrected chi connectivity index (χ3v) is 3.18. The molecule has 0 bridgehead atoms. The lowest BCUT2D eigenvalue weighted by Gasteiger charge is -2.10. The Morgan fingerprint density at radius 1 is 1.00 bits per heavy atom. The first-order valence-corrected chi connectivity index (χ1v) is 5.44. The zero-order chi connectivity index (χ0) is 10.1. The number of fused-ring (bicyclic) bond motifs is 1. The Hall–Kier alpha value is -1.63. The van der Waals surface area contributed by atoms with Crippen LogP contribution in [0.15, 0.2) is 48.7 Å². The second kappa shape index (κ2) is 3.50. The third-order valence-electron chi connectivity index (χ3n) is 3.18. The van der Waals surface area contributed by atoms with Crippen LogP contribution in [0.25, 0.3) is 0 Å². The fourth-order valence-electron chi connectivity index (χ4n) is 2.45. The Balaban J connectivity index is 2.05. The second-order valence-corrected chi connectivity index (χ2v) is 4.04. The molecule has 0 fully saturated rings. The minimum absolute atomic E-state index is 0.516. The lowest BCUT2D eigenvalue weighted by Crippen LogP contribution is -1.98. The molecular weight excluding hydrogens is 182 g/mol. The zero-order valence-electron chi connectivity index (χ0n) is 8.56. The van der Waals surface area contributed by atoms with Gasteiger partial charge in [-0.05, 0) is 36.1 Å². The van der Waals surface area contributed by atoms with Gasteiger partial charge in [0.15, 0.2) is 0 Å². The van der Waals surface area contributed by atoms with Crippen LogP contribution < -0.4 is 0 Å². The van der Waals surface area contributed by atoms with E-state index in [9.17, 15) is 0 Å². The first-order valence-electron chi connectivity index (χ1n) is 5.44. The number of hydrogen-bond acceptors (Lipinski definition) is 1. The Morgan fingerprint density at radius 3 is 2.73 bits per heavy atom. The standard InChI is InChI=1S/C14H13N/c1-2-6-12-11(5-1)8-9-13(12)14-7-3-4-10-15-14/h1-7,10,13H,8-9H2. The van der Waals surface area contributed by atoms with Crippen molar-refractivity contribution in [3.63, 3.8) is 0 Å². The number of rotatable bonds is 1. The second-order valence-electron chi connectivity index (χ2n) is 4.04. The highest BCUT2D eigenvalue weighted by Gasteiger charge is 2.23. The van der Waals surface area contributed by atoms with E-state index in [0.29, 0.717) is 5.92 Å². The molecule has 0 N–H and O–H groups in total. The molecule has 0 radical (unpaired) electrons. The van der Waals surface area contributed by atoms with Crippen LogP contribution in [0, 0.1) is 0 Å². The average molecular weight is 195 g/mol. The van der Waals surface area contributed by atoms with E-state index in [4.69, 9.17) is 0 Å². The lowest BCUT2D eigenvalue weighted by molar-refractivity contribution is 0.761. The van der Waals surface area contributed by atoms with E-state index in [0.717, 1.165) is 0 Å². The van der Waals surface area contributed by atoms with Crippen molar-refractivity contribution in [2.24, 2.45) is 0 Å². The van der Waals surface area contributed by atoms with Gasteiger partial charge in [-0.25, -0.2) is 0 Å². The first-order chi connectivity index (χ1) is 7.45. The van der Waals surface area contributed by atoms with Crippen molar-refractivity contribution in [1.29, 1.82) is 0 Å². The van der Waals surface area contributed by atoms with Gasteiger partial charge in [0, 0.05) is 17.8 Å². The SMILES string of the molecule is c1ccc(C2CCc3ccccc32)nc1. The zero-order valence-corrected chi connectivity index (χ0v) is 8.56. The van der Waals surface area contributed by atoms with Gasteiger partial charge in [-0.15, -0.1) is 0 Å². The molecule has 3 rings (SSSR count). The maximum Gasteiger partial charge on any atom is 0.0478 e. The van der Waals surface area contributed by atoms with E-state index in [-0.39, 0.29) is 0 Å². The molecule has 1 heteroatoms. The van der Waals surface area contributed by atoms with Crippen molar-refractivity contribution in [1.82, 2.24) is 4.98 Å². The summed E-state index contributed by atoms with van der Waals surface area (Å²) < 4.78 is 0. The number of pyridine rings is 1. The number of hydrogen-bond donors (Lipinski definition) is 0. The van der Waals surface area contributed by atoms with Crippen molar-refractivity contribution >= 4 is 0 Å². The van der Waals surface area contributed by atoms with Gasteiger partial charge in [-0.3, -0.25) is 4.98 Å². The van der Waals surface area contributed by atoms with Gasteiger partial charge in [-0.1, -0.05) is 30.3 Å². The van der Waals surface area contributed by atoms with E-state index >= 15 is 0 Å². The molecule has 1 aromatic carbocycles. The molecule has 0 amide bonds. The van der Waals surface area contributed by atoms with Crippen molar-refractivity contribution in [3.05, 3.63) is 65.5 Å². The minimum Gasteiger partial charge on any atom is -0.261 e. The van der Waals surface area contributed by atoms with E-state index in [1.165, 1.54) is 29.7 Å². The quantitative estimate of drug-likeness (QED) is 0.681. The highest BCUT2D eigenvalue weighted by molar-refractivity contribution is 5.39. The summed E-state index contributed by atoms with van der Waals surface area (Å²) in [5, 5.41) is 0. The molecule has 1 unspecified atom stereocenters. The molecule has 0 aliphatic heterocycles. The van der Waals surface area contributed by atoms with E-state index < -0.39 is 0 Å². The van der Waals surface area contributed by atoms with Gasteiger partial charge >= 0.3 is 0 Å². The summed E-state index contributed by atoms with van der Waals surface area (Å²) in [6, 6.07) is 14.9. The molecule has 1 heterocycles. The summed E-state index contributed by atoms with van der Waals surface area (Å²) in [7, 11) is 0. The minimum atomic E-state index is 0.516. The molecule has 74 valence electrons. The number of nitrogens with zero attached hydrogens (tertiary/aromatic N) is 1. The van der Waals surface area contributed by atoms with Crippen molar-refractivity contribution in [2.45, 2.75) is 18.8 Å². The smallest absolute Gasteiger partial charge is 0.0478 e. The molecule has 2 aromatic rings. The summed E-state index contributed by atoms with van der Waals surface area (Å²) in [4.78, 5) is 4.46. The Morgan fingerprint density at radius 2 is 1.87 bits per heavy atom. The van der Waals surface area contributed by atoms with Crippen LogP contribution in [0.3, 0.4) is 0 Å². The molecular formula is C14H13N. The van der Waals surface area contributed by atoms with Gasteiger partial charge < -0.3 is 0 Å². The maximum atomic E-state index is 4.46. The van der Waals surface area contributed by atoms with Crippen molar-refractivity contribution in [2.75, 3.05) is 0 Å². The molecule has 1 aromatic heterocycles. The number of aryl methyl sites for hydroxylation is 1. The van der Waals surface area contributed by atoms with Crippen LogP contribution in [0.4, 0.5) is 0 Å². The highest BCUT2D eigenvalue weighted by atomic mass is 14.7. The van der Waals surface area contributed by atoms with Gasteiger partial charge in [0.05, 0.1) is 0 Å². The van der Waals surface area contributed by atoms with E-state index in [1.54, 1.807) is 0 Å². The van der Waals surface area contributed by atoms with Crippen molar-refractivity contribution < 1.29 is 0 Å². The summed E-state index contributed by atoms with van der Waals surface area (Å²) >= 11 is 0. The average Bonchev–Trinajstić information content (AvgIpc) is 2.74.